The molecule has 3 aromatic rings. The van der Waals surface area contributed by atoms with Crippen molar-refractivity contribution in [3.8, 4) is 0 Å². The highest BCUT2D eigenvalue weighted by Gasteiger charge is 2.18. The van der Waals surface area contributed by atoms with Crippen LogP contribution in [0, 0.1) is 0 Å². The molecule has 0 unspecified atom stereocenters. The molecule has 0 spiro atoms. The van der Waals surface area contributed by atoms with Gasteiger partial charge in [0.05, 0.1) is 0 Å². The number of rotatable bonds is 4. The Kier molecular flexibility index (Phi) is 3.85. The molecule has 118 valence electrons. The zero-order chi connectivity index (χ0) is 15.5. The maximum atomic E-state index is 4.37. The summed E-state index contributed by atoms with van der Waals surface area (Å²) in [6.45, 7) is 4.55. The number of hydrogen-bond donors (Lipinski definition) is 0. The van der Waals surface area contributed by atoms with Gasteiger partial charge in [-0.05, 0) is 23.8 Å². The van der Waals surface area contributed by atoms with Crippen LogP contribution in [0.25, 0.3) is 0 Å². The average Bonchev–Trinajstić information content (AvgIpc) is 3.17. The second-order valence-electron chi connectivity index (χ2n) is 5.77. The first-order valence-corrected chi connectivity index (χ1v) is 7.88. The molecule has 3 aromatic heterocycles. The van der Waals surface area contributed by atoms with E-state index in [0.29, 0.717) is 6.54 Å². The van der Waals surface area contributed by atoms with E-state index >= 15 is 0 Å². The SMILES string of the molecule is c1cnn(Cc2nnc3n2CCN(Cc2ccncc2)CC3)c1. The third-order valence-corrected chi connectivity index (χ3v) is 4.21. The zero-order valence-electron chi connectivity index (χ0n) is 12.9. The first-order chi connectivity index (χ1) is 11.4. The largest absolute Gasteiger partial charge is 0.312 e. The molecule has 1 aliphatic rings. The Morgan fingerprint density at radius 1 is 0.957 bits per heavy atom. The fourth-order valence-electron chi connectivity index (χ4n) is 2.99. The molecule has 23 heavy (non-hydrogen) atoms. The lowest BCUT2D eigenvalue weighted by Crippen LogP contribution is -2.26. The van der Waals surface area contributed by atoms with Gasteiger partial charge in [-0.3, -0.25) is 14.6 Å². The Bertz CT molecular complexity index is 748. The maximum absolute atomic E-state index is 4.37. The predicted molar refractivity (Wildman–Crippen MR) is 84.6 cm³/mol. The smallest absolute Gasteiger partial charge is 0.154 e. The summed E-state index contributed by atoms with van der Waals surface area (Å²) in [5.41, 5.74) is 1.30. The molecule has 0 saturated carbocycles. The molecule has 7 heteroatoms. The Hall–Kier alpha value is -2.54. The van der Waals surface area contributed by atoms with E-state index in [4.69, 9.17) is 0 Å². The highest BCUT2D eigenvalue weighted by atomic mass is 15.3. The summed E-state index contributed by atoms with van der Waals surface area (Å²) in [7, 11) is 0. The second-order valence-corrected chi connectivity index (χ2v) is 5.77. The molecule has 0 amide bonds. The molecule has 1 aliphatic heterocycles. The Labute approximate surface area is 134 Å². The second kappa shape index (κ2) is 6.29. The van der Waals surface area contributed by atoms with Gasteiger partial charge in [-0.2, -0.15) is 5.10 Å². The quantitative estimate of drug-likeness (QED) is 0.719. The van der Waals surface area contributed by atoms with Gasteiger partial charge in [-0.25, -0.2) is 0 Å². The van der Waals surface area contributed by atoms with Crippen LogP contribution in [-0.4, -0.2) is 47.5 Å². The molecule has 0 fully saturated rings. The summed E-state index contributed by atoms with van der Waals surface area (Å²) >= 11 is 0. The molecule has 0 aromatic carbocycles. The van der Waals surface area contributed by atoms with Crippen molar-refractivity contribution in [1.29, 1.82) is 0 Å². The lowest BCUT2D eigenvalue weighted by Gasteiger charge is -2.19. The molecular weight excluding hydrogens is 290 g/mol. The molecule has 0 atom stereocenters. The summed E-state index contributed by atoms with van der Waals surface area (Å²) < 4.78 is 4.13. The van der Waals surface area contributed by atoms with Crippen molar-refractivity contribution in [2.75, 3.05) is 13.1 Å². The standard InChI is InChI=1S/C16H19N7/c1-5-18-22(8-1)13-16-20-19-15-4-9-21(10-11-23(15)16)12-14-2-6-17-7-3-14/h1-3,5-8H,4,9-13H2. The summed E-state index contributed by atoms with van der Waals surface area (Å²) in [6.07, 6.45) is 8.37. The van der Waals surface area contributed by atoms with Gasteiger partial charge in [0.25, 0.3) is 0 Å². The van der Waals surface area contributed by atoms with Gasteiger partial charge in [-0.1, -0.05) is 0 Å². The van der Waals surface area contributed by atoms with E-state index in [-0.39, 0.29) is 0 Å². The topological polar surface area (TPSA) is 64.7 Å². The van der Waals surface area contributed by atoms with Crippen LogP contribution >= 0.6 is 0 Å². The number of nitrogens with zero attached hydrogens (tertiary/aromatic N) is 7. The number of pyridine rings is 1. The number of aromatic nitrogens is 6. The highest BCUT2D eigenvalue weighted by molar-refractivity contribution is 5.10. The number of fused-ring (bicyclic) bond motifs is 1. The van der Waals surface area contributed by atoms with Crippen molar-refractivity contribution in [3.05, 3.63) is 60.2 Å². The fraction of sp³-hybridized carbons (Fsp3) is 0.375. The third-order valence-electron chi connectivity index (χ3n) is 4.21. The minimum atomic E-state index is 0.671. The van der Waals surface area contributed by atoms with E-state index in [1.54, 1.807) is 6.20 Å². The van der Waals surface area contributed by atoms with Crippen LogP contribution in [0.15, 0.2) is 43.0 Å². The first-order valence-electron chi connectivity index (χ1n) is 7.88. The summed E-state index contributed by atoms with van der Waals surface area (Å²) in [6, 6.07) is 6.08. The summed E-state index contributed by atoms with van der Waals surface area (Å²) in [5, 5.41) is 13.0. The highest BCUT2D eigenvalue weighted by Crippen LogP contribution is 2.12. The van der Waals surface area contributed by atoms with E-state index < -0.39 is 0 Å². The molecular formula is C16H19N7. The van der Waals surface area contributed by atoms with E-state index in [0.717, 1.165) is 44.2 Å². The minimum Gasteiger partial charge on any atom is -0.312 e. The van der Waals surface area contributed by atoms with Crippen molar-refractivity contribution < 1.29 is 0 Å². The van der Waals surface area contributed by atoms with Crippen LogP contribution in [0.1, 0.15) is 17.2 Å². The Morgan fingerprint density at radius 2 is 1.87 bits per heavy atom. The molecule has 0 N–H and O–H groups in total. The normalized spacial score (nSPS) is 15.3. The molecule has 0 saturated heterocycles. The van der Waals surface area contributed by atoms with Crippen molar-refractivity contribution in [2.24, 2.45) is 0 Å². The zero-order valence-corrected chi connectivity index (χ0v) is 12.9. The van der Waals surface area contributed by atoms with Crippen molar-refractivity contribution in [3.63, 3.8) is 0 Å². The molecule has 0 aliphatic carbocycles. The third kappa shape index (κ3) is 3.14. The summed E-state index contributed by atoms with van der Waals surface area (Å²) in [4.78, 5) is 6.54. The van der Waals surface area contributed by atoms with Gasteiger partial charge in [-0.15, -0.1) is 10.2 Å². The van der Waals surface area contributed by atoms with E-state index in [1.165, 1.54) is 5.56 Å². The maximum Gasteiger partial charge on any atom is 0.154 e. The van der Waals surface area contributed by atoms with Gasteiger partial charge >= 0.3 is 0 Å². The van der Waals surface area contributed by atoms with E-state index in [2.05, 4.69) is 41.9 Å². The van der Waals surface area contributed by atoms with Gasteiger partial charge < -0.3 is 4.57 Å². The Morgan fingerprint density at radius 3 is 2.70 bits per heavy atom. The van der Waals surface area contributed by atoms with Gasteiger partial charge in [0.15, 0.2) is 5.82 Å². The average molecular weight is 309 g/mol. The number of hydrogen-bond acceptors (Lipinski definition) is 5. The van der Waals surface area contributed by atoms with Crippen LogP contribution in [-0.2, 0) is 26.1 Å². The molecule has 0 bridgehead atoms. The predicted octanol–water partition coefficient (Wildman–Crippen LogP) is 0.976. The van der Waals surface area contributed by atoms with Gasteiger partial charge in [0.2, 0.25) is 0 Å². The van der Waals surface area contributed by atoms with Crippen LogP contribution in [0.2, 0.25) is 0 Å². The van der Waals surface area contributed by atoms with E-state index in [9.17, 15) is 0 Å². The van der Waals surface area contributed by atoms with Crippen molar-refractivity contribution >= 4 is 0 Å². The molecule has 0 radical (unpaired) electrons. The lowest BCUT2D eigenvalue weighted by molar-refractivity contribution is 0.270. The van der Waals surface area contributed by atoms with E-state index in [1.807, 2.05) is 29.3 Å². The molecule has 4 rings (SSSR count). The monoisotopic (exact) mass is 309 g/mol. The van der Waals surface area contributed by atoms with Crippen LogP contribution in [0.5, 0.6) is 0 Å². The molecule has 7 nitrogen and oxygen atoms in total. The Balaban J connectivity index is 1.45. The van der Waals surface area contributed by atoms with Crippen molar-refractivity contribution in [2.45, 2.75) is 26.1 Å². The van der Waals surface area contributed by atoms with Crippen molar-refractivity contribution in [1.82, 2.24) is 34.4 Å². The van der Waals surface area contributed by atoms with Crippen LogP contribution in [0.3, 0.4) is 0 Å². The molecule has 4 heterocycles. The first kappa shape index (κ1) is 14.1. The summed E-state index contributed by atoms with van der Waals surface area (Å²) in [5.74, 6) is 2.05. The lowest BCUT2D eigenvalue weighted by atomic mass is 10.2. The van der Waals surface area contributed by atoms with Crippen LogP contribution < -0.4 is 0 Å². The fourth-order valence-corrected chi connectivity index (χ4v) is 2.99. The van der Waals surface area contributed by atoms with Gasteiger partial charge in [0.1, 0.15) is 12.4 Å². The van der Waals surface area contributed by atoms with Crippen LogP contribution in [0.4, 0.5) is 0 Å². The minimum absolute atomic E-state index is 0.671. The van der Waals surface area contributed by atoms with Gasteiger partial charge in [0, 0.05) is 57.4 Å².